The normalized spacial score (nSPS) is 27.7. The Kier molecular flexibility index (Phi) is 4.06. The van der Waals surface area contributed by atoms with E-state index in [-0.39, 0.29) is 42.0 Å². The van der Waals surface area contributed by atoms with Gasteiger partial charge in [-0.1, -0.05) is 23.7 Å². The molecule has 0 radical (unpaired) electrons. The SMILES string of the molecule is Cc1cccc(Cl)c1C1=C(O)C2(CCC(C(F)(F)F)CC2)OC1=O. The molecule has 3 rings (SSSR count). The van der Waals surface area contributed by atoms with Gasteiger partial charge in [-0.05, 0) is 44.2 Å². The fourth-order valence-corrected chi connectivity index (χ4v) is 3.84. The van der Waals surface area contributed by atoms with E-state index in [1.807, 2.05) is 0 Å². The quantitative estimate of drug-likeness (QED) is 0.719. The summed E-state index contributed by atoms with van der Waals surface area (Å²) in [5.41, 5.74) is -0.346. The summed E-state index contributed by atoms with van der Waals surface area (Å²) in [7, 11) is 0. The Bertz CT molecular complexity index is 696. The number of rotatable bonds is 1. The molecule has 2 aliphatic rings. The van der Waals surface area contributed by atoms with Gasteiger partial charge in [0.05, 0.1) is 5.92 Å². The van der Waals surface area contributed by atoms with Gasteiger partial charge in [-0.25, -0.2) is 4.79 Å². The van der Waals surface area contributed by atoms with Gasteiger partial charge in [0.1, 0.15) is 5.57 Å². The summed E-state index contributed by atoms with van der Waals surface area (Å²) in [6, 6.07) is 5.03. The summed E-state index contributed by atoms with van der Waals surface area (Å²) in [5.74, 6) is -2.47. The van der Waals surface area contributed by atoms with Crippen molar-refractivity contribution >= 4 is 23.1 Å². The van der Waals surface area contributed by atoms with Crippen LogP contribution in [0.1, 0.15) is 36.8 Å². The monoisotopic (exact) mass is 360 g/mol. The van der Waals surface area contributed by atoms with Crippen molar-refractivity contribution in [2.45, 2.75) is 44.4 Å². The smallest absolute Gasteiger partial charge is 0.391 e. The molecule has 1 fully saturated rings. The van der Waals surface area contributed by atoms with Crippen LogP contribution in [0.4, 0.5) is 13.2 Å². The molecule has 0 aromatic heterocycles. The Morgan fingerprint density at radius 3 is 2.46 bits per heavy atom. The number of halogens is 4. The number of alkyl halides is 3. The molecular formula is C17H16ClF3O3. The average molecular weight is 361 g/mol. The molecule has 1 saturated carbocycles. The van der Waals surface area contributed by atoms with Gasteiger partial charge >= 0.3 is 12.1 Å². The van der Waals surface area contributed by atoms with Crippen LogP contribution in [-0.4, -0.2) is 22.9 Å². The first kappa shape index (κ1) is 17.1. The van der Waals surface area contributed by atoms with Crippen molar-refractivity contribution in [3.05, 3.63) is 40.1 Å². The van der Waals surface area contributed by atoms with Crippen molar-refractivity contribution in [2.75, 3.05) is 0 Å². The second-order valence-corrected chi connectivity index (χ2v) is 6.76. The minimum Gasteiger partial charge on any atom is -0.507 e. The van der Waals surface area contributed by atoms with Gasteiger partial charge < -0.3 is 9.84 Å². The summed E-state index contributed by atoms with van der Waals surface area (Å²) in [5, 5.41) is 10.9. The predicted octanol–water partition coefficient (Wildman–Crippen LogP) is 4.97. The van der Waals surface area contributed by atoms with Crippen molar-refractivity contribution < 1.29 is 27.8 Å². The third-order valence-electron chi connectivity index (χ3n) is 4.89. The first-order chi connectivity index (χ1) is 11.2. The molecule has 1 aromatic rings. The molecule has 3 nitrogen and oxygen atoms in total. The van der Waals surface area contributed by atoms with Crippen LogP contribution in [0.25, 0.3) is 5.57 Å². The van der Waals surface area contributed by atoms with E-state index in [4.69, 9.17) is 16.3 Å². The molecule has 1 aliphatic heterocycles. The molecule has 0 saturated heterocycles. The number of benzene rings is 1. The Balaban J connectivity index is 1.97. The van der Waals surface area contributed by atoms with E-state index in [0.29, 0.717) is 11.1 Å². The van der Waals surface area contributed by atoms with Gasteiger partial charge in [-0.2, -0.15) is 13.2 Å². The molecule has 1 aromatic carbocycles. The Hall–Kier alpha value is -1.69. The van der Waals surface area contributed by atoms with E-state index in [2.05, 4.69) is 0 Å². The van der Waals surface area contributed by atoms with E-state index in [1.165, 1.54) is 0 Å². The van der Waals surface area contributed by atoms with E-state index >= 15 is 0 Å². The second-order valence-electron chi connectivity index (χ2n) is 6.36. The zero-order valence-corrected chi connectivity index (χ0v) is 13.7. The Morgan fingerprint density at radius 1 is 1.29 bits per heavy atom. The van der Waals surface area contributed by atoms with Crippen LogP contribution in [0.3, 0.4) is 0 Å². The summed E-state index contributed by atoms with van der Waals surface area (Å²) >= 11 is 6.15. The highest BCUT2D eigenvalue weighted by Crippen LogP contribution is 2.50. The fourth-order valence-electron chi connectivity index (χ4n) is 3.52. The van der Waals surface area contributed by atoms with Crippen molar-refractivity contribution in [1.82, 2.24) is 0 Å². The summed E-state index contributed by atoms with van der Waals surface area (Å²) in [6.45, 7) is 1.74. The second kappa shape index (κ2) is 5.69. The molecule has 0 bridgehead atoms. The lowest BCUT2D eigenvalue weighted by atomic mass is 9.77. The zero-order chi connectivity index (χ0) is 17.7. The molecule has 1 spiro atoms. The number of ether oxygens (including phenoxy) is 1. The van der Waals surface area contributed by atoms with Crippen LogP contribution in [0.5, 0.6) is 0 Å². The van der Waals surface area contributed by atoms with Crippen LogP contribution in [0.2, 0.25) is 5.02 Å². The zero-order valence-electron chi connectivity index (χ0n) is 12.9. The minimum atomic E-state index is -4.27. The summed E-state index contributed by atoms with van der Waals surface area (Å²) < 4.78 is 43.9. The third-order valence-corrected chi connectivity index (χ3v) is 5.20. The van der Waals surface area contributed by atoms with Crippen LogP contribution in [0, 0.1) is 12.8 Å². The maximum Gasteiger partial charge on any atom is 0.391 e. The topological polar surface area (TPSA) is 46.5 Å². The lowest BCUT2D eigenvalue weighted by molar-refractivity contribution is -0.194. The van der Waals surface area contributed by atoms with E-state index in [0.717, 1.165) is 0 Å². The molecule has 24 heavy (non-hydrogen) atoms. The molecule has 0 atom stereocenters. The van der Waals surface area contributed by atoms with Crippen LogP contribution >= 0.6 is 11.6 Å². The lowest BCUT2D eigenvalue weighted by Gasteiger charge is -2.36. The number of hydrogen-bond donors (Lipinski definition) is 1. The fraction of sp³-hybridized carbons (Fsp3) is 0.471. The van der Waals surface area contributed by atoms with Gasteiger partial charge in [-0.3, -0.25) is 0 Å². The average Bonchev–Trinajstić information content (AvgIpc) is 2.71. The Morgan fingerprint density at radius 2 is 1.92 bits per heavy atom. The maximum atomic E-state index is 12.8. The number of aliphatic hydroxyl groups excluding tert-OH is 1. The van der Waals surface area contributed by atoms with E-state index in [9.17, 15) is 23.1 Å². The molecule has 1 aliphatic carbocycles. The minimum absolute atomic E-state index is 0.0384. The van der Waals surface area contributed by atoms with Crippen molar-refractivity contribution in [3.8, 4) is 0 Å². The number of hydrogen-bond acceptors (Lipinski definition) is 3. The molecule has 7 heteroatoms. The maximum absolute atomic E-state index is 12.8. The highest BCUT2D eigenvalue weighted by molar-refractivity contribution is 6.35. The predicted molar refractivity (Wildman–Crippen MR) is 82.6 cm³/mol. The molecule has 1 heterocycles. The largest absolute Gasteiger partial charge is 0.507 e. The van der Waals surface area contributed by atoms with E-state index < -0.39 is 23.7 Å². The van der Waals surface area contributed by atoms with Crippen LogP contribution < -0.4 is 0 Å². The third kappa shape index (κ3) is 2.66. The summed E-state index contributed by atoms with van der Waals surface area (Å²) in [4.78, 5) is 12.3. The number of aryl methyl sites for hydroxylation is 1. The van der Waals surface area contributed by atoms with Gasteiger partial charge in [0.15, 0.2) is 11.4 Å². The number of aliphatic hydroxyl groups is 1. The highest BCUT2D eigenvalue weighted by atomic mass is 35.5. The first-order valence-corrected chi connectivity index (χ1v) is 8.03. The number of carbonyl (C=O) groups excluding carboxylic acids is 1. The van der Waals surface area contributed by atoms with Crippen LogP contribution in [-0.2, 0) is 9.53 Å². The highest BCUT2D eigenvalue weighted by Gasteiger charge is 2.54. The van der Waals surface area contributed by atoms with Crippen LogP contribution in [0.15, 0.2) is 24.0 Å². The standard InChI is InChI=1S/C17H16ClF3O3/c1-9-3-2-4-11(18)12(9)13-14(22)16(24-15(13)23)7-5-10(6-8-16)17(19,20)21/h2-4,10,22H,5-8H2,1H3. The van der Waals surface area contributed by atoms with Crippen molar-refractivity contribution in [1.29, 1.82) is 0 Å². The lowest BCUT2D eigenvalue weighted by Crippen LogP contribution is -2.40. The molecule has 1 N–H and O–H groups in total. The summed E-state index contributed by atoms with van der Waals surface area (Å²) in [6.07, 6.45) is -4.75. The van der Waals surface area contributed by atoms with Gasteiger partial charge in [0, 0.05) is 10.6 Å². The molecule has 0 unspecified atom stereocenters. The van der Waals surface area contributed by atoms with Crippen molar-refractivity contribution in [3.63, 3.8) is 0 Å². The first-order valence-electron chi connectivity index (χ1n) is 7.65. The van der Waals surface area contributed by atoms with Crippen molar-refractivity contribution in [2.24, 2.45) is 5.92 Å². The van der Waals surface area contributed by atoms with E-state index in [1.54, 1.807) is 25.1 Å². The molecule has 130 valence electrons. The Labute approximate surface area is 142 Å². The number of esters is 1. The molecule has 0 amide bonds. The van der Waals surface area contributed by atoms with Gasteiger partial charge in [0.25, 0.3) is 0 Å². The molecular weight excluding hydrogens is 345 g/mol. The van der Waals surface area contributed by atoms with Gasteiger partial charge in [-0.15, -0.1) is 0 Å². The van der Waals surface area contributed by atoms with Gasteiger partial charge in [0.2, 0.25) is 0 Å². The number of carbonyl (C=O) groups is 1.